The van der Waals surface area contributed by atoms with Gasteiger partial charge in [0.15, 0.2) is 5.78 Å². The topological polar surface area (TPSA) is 102 Å². The number of carbonyl (C=O) groups excluding carboxylic acids is 3. The fourth-order valence-corrected chi connectivity index (χ4v) is 5.68. The lowest BCUT2D eigenvalue weighted by Gasteiger charge is -2.27. The fourth-order valence-electron chi connectivity index (χ4n) is 5.34. The second-order valence-electron chi connectivity index (χ2n) is 9.44. The Balaban J connectivity index is 1.33. The first kappa shape index (κ1) is 24.5. The second kappa shape index (κ2) is 10.4. The molecular weight excluding hydrogens is 450 g/mol. The van der Waals surface area contributed by atoms with Crippen molar-refractivity contribution in [2.24, 2.45) is 5.92 Å². The number of hydrogen-bond donors (Lipinski definition) is 2. The van der Waals surface area contributed by atoms with Crippen LogP contribution >= 0.6 is 12.2 Å². The van der Waals surface area contributed by atoms with Crippen LogP contribution in [0.1, 0.15) is 55.7 Å². The van der Waals surface area contributed by atoms with Crippen LogP contribution in [0.2, 0.25) is 0 Å². The number of nitrogens with zero attached hydrogens (tertiary/aromatic N) is 1. The van der Waals surface area contributed by atoms with Crippen LogP contribution in [-0.4, -0.2) is 59.2 Å². The molecule has 0 saturated carbocycles. The summed E-state index contributed by atoms with van der Waals surface area (Å²) in [5.41, 5.74) is 11.7. The van der Waals surface area contributed by atoms with Crippen LogP contribution in [0, 0.1) is 12.8 Å². The third-order valence-corrected chi connectivity index (χ3v) is 7.52. The van der Waals surface area contributed by atoms with E-state index in [-0.39, 0.29) is 18.3 Å². The number of nitrogens with two attached hydrogens (primary N) is 1. The maximum absolute atomic E-state index is 13.4. The molecule has 34 heavy (non-hydrogen) atoms. The molecule has 8 heteroatoms. The fraction of sp³-hybridized carbons (Fsp3) is 0.538. The highest BCUT2D eigenvalue weighted by Gasteiger charge is 2.47. The van der Waals surface area contributed by atoms with Gasteiger partial charge in [-0.25, -0.2) is 0 Å². The molecule has 1 unspecified atom stereocenters. The molecule has 3 N–H and O–H groups in total. The lowest BCUT2D eigenvalue weighted by atomic mass is 9.89. The summed E-state index contributed by atoms with van der Waals surface area (Å²) in [6.45, 7) is 4.89. The summed E-state index contributed by atoms with van der Waals surface area (Å²) in [5.74, 6) is -1.32. The van der Waals surface area contributed by atoms with E-state index in [1.807, 2.05) is 13.0 Å². The molecule has 7 nitrogen and oxygen atoms in total. The highest BCUT2D eigenvalue weighted by atomic mass is 32.1. The smallest absolute Gasteiger partial charge is 0.324 e. The molecule has 182 valence electrons. The maximum Gasteiger partial charge on any atom is 0.324 e. The largest absolute Gasteiger partial charge is 0.465 e. The highest BCUT2D eigenvalue weighted by molar-refractivity contribution is 7.80. The minimum Gasteiger partial charge on any atom is -0.465 e. The third kappa shape index (κ3) is 4.93. The molecule has 1 aliphatic carbocycles. The van der Waals surface area contributed by atoms with Crippen molar-refractivity contribution in [2.75, 3.05) is 25.4 Å². The normalized spacial score (nSPS) is 23.7. The molecule has 3 atom stereocenters. The SMILES string of the molecule is CCOC(=O)[C@H]1NCC(=S)C1C(=O)[C@@H]1CCCN1C(=O)CCCC1=Cc2cc(N)c(C)cc2C1. The monoisotopic (exact) mass is 483 g/mol. The zero-order chi connectivity index (χ0) is 24.4. The van der Waals surface area contributed by atoms with Crippen LogP contribution in [0.5, 0.6) is 0 Å². The van der Waals surface area contributed by atoms with Crippen molar-refractivity contribution in [1.82, 2.24) is 10.2 Å². The number of aryl methyl sites for hydroxylation is 1. The maximum atomic E-state index is 13.4. The predicted octanol–water partition coefficient (Wildman–Crippen LogP) is 2.77. The Morgan fingerprint density at radius 3 is 2.85 bits per heavy atom. The van der Waals surface area contributed by atoms with Crippen molar-refractivity contribution in [3.8, 4) is 0 Å². The Kier molecular flexibility index (Phi) is 7.48. The number of allylic oxidation sites excluding steroid dienone is 1. The first-order valence-corrected chi connectivity index (χ1v) is 12.5. The van der Waals surface area contributed by atoms with Crippen LogP contribution in [0.4, 0.5) is 5.69 Å². The standard InChI is InChI=1S/C26H33N3O4S/c1-3-33-26(32)24-23(21(34)14-28-24)25(31)20-7-5-9-29(20)22(30)8-4-6-16-11-17-10-15(2)19(27)13-18(17)12-16/h10,12-13,20,23-24,28H,3-9,11,14,27H2,1-2H3/t20-,23?,24-/m0/s1. The number of benzene rings is 1. The number of ether oxygens (including phenoxy) is 1. The number of ketones is 1. The van der Waals surface area contributed by atoms with Crippen molar-refractivity contribution in [2.45, 2.75) is 64.5 Å². The molecule has 4 rings (SSSR count). The van der Waals surface area contributed by atoms with Crippen LogP contribution in [-0.2, 0) is 25.5 Å². The molecule has 2 saturated heterocycles. The molecule has 2 aliphatic heterocycles. The van der Waals surface area contributed by atoms with Gasteiger partial charge in [0, 0.05) is 30.1 Å². The van der Waals surface area contributed by atoms with Crippen LogP contribution in [0.3, 0.4) is 0 Å². The molecule has 1 aromatic rings. The van der Waals surface area contributed by atoms with Crippen molar-refractivity contribution in [3.05, 3.63) is 34.4 Å². The number of likely N-dealkylation sites (tertiary alicyclic amines) is 1. The van der Waals surface area contributed by atoms with Gasteiger partial charge in [0.2, 0.25) is 5.91 Å². The van der Waals surface area contributed by atoms with E-state index in [0.29, 0.717) is 30.8 Å². The molecule has 0 radical (unpaired) electrons. The first-order valence-electron chi connectivity index (χ1n) is 12.1. The van der Waals surface area contributed by atoms with E-state index in [1.54, 1.807) is 11.8 Å². The zero-order valence-electron chi connectivity index (χ0n) is 19.9. The van der Waals surface area contributed by atoms with Gasteiger partial charge in [0.25, 0.3) is 0 Å². The van der Waals surface area contributed by atoms with E-state index in [1.165, 1.54) is 16.7 Å². The number of rotatable bonds is 8. The minimum atomic E-state index is -0.758. The van der Waals surface area contributed by atoms with E-state index in [2.05, 4.69) is 17.5 Å². The van der Waals surface area contributed by atoms with Crippen molar-refractivity contribution in [1.29, 1.82) is 0 Å². The molecule has 3 aliphatic rings. The molecular formula is C26H33N3O4S. The summed E-state index contributed by atoms with van der Waals surface area (Å²) in [7, 11) is 0. The van der Waals surface area contributed by atoms with Gasteiger partial charge in [-0.3, -0.25) is 19.7 Å². The van der Waals surface area contributed by atoms with Gasteiger partial charge in [-0.1, -0.05) is 29.9 Å². The van der Waals surface area contributed by atoms with Crippen molar-refractivity contribution < 1.29 is 19.1 Å². The zero-order valence-corrected chi connectivity index (χ0v) is 20.7. The number of amides is 1. The summed E-state index contributed by atoms with van der Waals surface area (Å²) >= 11 is 5.41. The number of hydrogen-bond acceptors (Lipinski definition) is 7. The lowest BCUT2D eigenvalue weighted by Crippen LogP contribution is -2.49. The van der Waals surface area contributed by atoms with Gasteiger partial charge in [-0.05, 0) is 68.7 Å². The van der Waals surface area contributed by atoms with Crippen LogP contribution < -0.4 is 11.1 Å². The van der Waals surface area contributed by atoms with Crippen LogP contribution in [0.15, 0.2) is 17.7 Å². The molecule has 2 fully saturated rings. The van der Waals surface area contributed by atoms with Crippen molar-refractivity contribution in [3.63, 3.8) is 0 Å². The Morgan fingerprint density at radius 1 is 1.29 bits per heavy atom. The number of anilines is 1. The van der Waals surface area contributed by atoms with Gasteiger partial charge >= 0.3 is 5.97 Å². The van der Waals surface area contributed by atoms with E-state index < -0.39 is 24.0 Å². The number of carbonyl (C=O) groups is 3. The Morgan fingerprint density at radius 2 is 2.09 bits per heavy atom. The Bertz CT molecular complexity index is 1050. The molecule has 0 spiro atoms. The molecule has 0 aromatic heterocycles. The first-order chi connectivity index (χ1) is 16.3. The number of thiocarbonyl (C=S) groups is 1. The van der Waals surface area contributed by atoms with Gasteiger partial charge in [-0.15, -0.1) is 0 Å². The van der Waals surface area contributed by atoms with E-state index >= 15 is 0 Å². The van der Waals surface area contributed by atoms with E-state index in [9.17, 15) is 14.4 Å². The quantitative estimate of drug-likeness (QED) is 0.333. The van der Waals surface area contributed by atoms with Gasteiger partial charge in [0.1, 0.15) is 6.04 Å². The molecule has 2 heterocycles. The number of Topliss-reactive ketones (excluding diaryl/α,β-unsaturated/α-hetero) is 1. The summed E-state index contributed by atoms with van der Waals surface area (Å²) in [4.78, 5) is 41.0. The molecule has 0 bridgehead atoms. The summed E-state index contributed by atoms with van der Waals surface area (Å²) < 4.78 is 5.12. The summed E-state index contributed by atoms with van der Waals surface area (Å²) in [6, 6.07) is 2.89. The van der Waals surface area contributed by atoms with E-state index in [4.69, 9.17) is 22.7 Å². The van der Waals surface area contributed by atoms with Gasteiger partial charge in [-0.2, -0.15) is 0 Å². The van der Waals surface area contributed by atoms with Gasteiger partial charge in [0.05, 0.1) is 18.6 Å². The number of nitrogens with one attached hydrogen (secondary N) is 1. The number of nitrogen functional groups attached to an aromatic ring is 1. The highest BCUT2D eigenvalue weighted by Crippen LogP contribution is 2.32. The van der Waals surface area contributed by atoms with E-state index in [0.717, 1.165) is 36.9 Å². The number of fused-ring (bicyclic) bond motifs is 1. The number of esters is 1. The van der Waals surface area contributed by atoms with Gasteiger partial charge < -0.3 is 15.4 Å². The third-order valence-electron chi connectivity index (χ3n) is 7.12. The molecule has 1 amide bonds. The van der Waals surface area contributed by atoms with Crippen molar-refractivity contribution >= 4 is 46.5 Å². The summed E-state index contributed by atoms with van der Waals surface area (Å²) in [5, 5.41) is 3.02. The Labute approximate surface area is 206 Å². The lowest BCUT2D eigenvalue weighted by molar-refractivity contribution is -0.148. The minimum absolute atomic E-state index is 0.00314. The Hall–Kier alpha value is -2.58. The second-order valence-corrected chi connectivity index (χ2v) is 9.97. The molecule has 1 aromatic carbocycles. The predicted molar refractivity (Wildman–Crippen MR) is 135 cm³/mol. The van der Waals surface area contributed by atoms with Crippen LogP contribution in [0.25, 0.3) is 6.08 Å². The average Bonchev–Trinajstić information content (AvgIpc) is 3.52. The average molecular weight is 484 g/mol. The summed E-state index contributed by atoms with van der Waals surface area (Å²) in [6.07, 6.45) is 6.44.